The second-order valence-corrected chi connectivity index (χ2v) is 14.2. The van der Waals surface area contributed by atoms with Gasteiger partial charge in [-0.25, -0.2) is 0 Å². The van der Waals surface area contributed by atoms with Crippen molar-refractivity contribution < 1.29 is 329 Å². The largest absolute Gasteiger partial charge is 1.00 e. The number of rotatable bonds is 16. The molecule has 0 saturated carbocycles. The van der Waals surface area contributed by atoms with Gasteiger partial charge in [-0.2, -0.15) is 0 Å². The second-order valence-electron chi connectivity index (χ2n) is 6.67. The third-order valence-corrected chi connectivity index (χ3v) is 7.06. The first-order valence-corrected chi connectivity index (χ1v) is 16.8. The van der Waals surface area contributed by atoms with E-state index in [1.807, 2.05) is 0 Å². The molecule has 0 rings (SSSR count). The van der Waals surface area contributed by atoms with Gasteiger partial charge in [0.05, 0.1) is 0 Å². The molecule has 0 aliphatic rings. The summed E-state index contributed by atoms with van der Waals surface area (Å²) in [5.41, 5.74) is 0. The van der Waals surface area contributed by atoms with E-state index < -0.39 is 95.6 Å². The van der Waals surface area contributed by atoms with Crippen molar-refractivity contribution in [3.63, 3.8) is 0 Å². The minimum absolute atomic E-state index is 0. The van der Waals surface area contributed by atoms with Crippen molar-refractivity contribution in [1.29, 1.82) is 0 Å². The normalized spacial score (nSPS) is 12.7. The van der Waals surface area contributed by atoms with Crippen molar-refractivity contribution in [3.05, 3.63) is 0 Å². The minimum atomic E-state index is -5.37. The van der Waals surface area contributed by atoms with Crippen LogP contribution in [0, 0.1) is 0 Å². The summed E-state index contributed by atoms with van der Waals surface area (Å²) in [4.78, 5) is 111. The molecule has 0 radical (unpaired) electrons. The van der Waals surface area contributed by atoms with Gasteiger partial charge >= 0.3 is 257 Å². The van der Waals surface area contributed by atoms with Gasteiger partial charge in [0.2, 0.25) is 0 Å². The molecule has 0 aromatic heterocycles. The van der Waals surface area contributed by atoms with Crippen LogP contribution in [-0.2, 0) is 22.8 Å². The van der Waals surface area contributed by atoms with Gasteiger partial charge in [0, 0.05) is 57.6 Å². The molecule has 0 aromatic rings. The van der Waals surface area contributed by atoms with Crippen molar-refractivity contribution in [2.45, 2.75) is 0 Å². The van der Waals surface area contributed by atoms with Crippen LogP contribution in [0.3, 0.4) is 0 Å². The zero-order valence-corrected chi connectivity index (χ0v) is 41.2. The zero-order chi connectivity index (χ0) is 25.6. The molecule has 0 spiro atoms. The van der Waals surface area contributed by atoms with Crippen molar-refractivity contribution in [2.24, 2.45) is 0 Å². The fourth-order valence-corrected chi connectivity index (χ4v) is 6.43. The van der Waals surface area contributed by atoms with Crippen LogP contribution in [-0.4, -0.2) is 72.3 Å². The van der Waals surface area contributed by atoms with Crippen molar-refractivity contribution in [3.8, 4) is 0 Å². The van der Waals surface area contributed by atoms with Gasteiger partial charge in [-0.1, -0.05) is 38.0 Å². The van der Waals surface area contributed by atoms with Gasteiger partial charge in [0.15, 0.2) is 0 Å². The van der Waals surface area contributed by atoms with E-state index in [-0.39, 0.29) is 257 Å². The number of hydrogen-bond acceptors (Lipinski definition) is 18. The fraction of sp³-hybridized carbons (Fsp3) is 1.00. The first-order valence-electron chi connectivity index (χ1n) is 8.17. The summed E-state index contributed by atoms with van der Waals surface area (Å²) in [5.74, 6) is 0. The average Bonchev–Trinajstić information content (AvgIpc) is 2.41. The predicted octanol–water partition coefficient (Wildman–Crippen LogP) is -23.7. The van der Waals surface area contributed by atoms with Gasteiger partial charge in [-0.15, -0.1) is 0 Å². The van der Waals surface area contributed by atoms with E-state index in [0.29, 0.717) is 14.7 Å². The van der Waals surface area contributed by atoms with Crippen LogP contribution in [0.15, 0.2) is 0 Å². The first kappa shape index (κ1) is 58.0. The van der Waals surface area contributed by atoms with Gasteiger partial charge in [-0.05, 0) is 0 Å². The molecule has 0 N–H and O–H groups in total. The number of nitrogens with zero attached hydrogens (tertiary/aromatic N) is 3. The third kappa shape index (κ3) is 42.8. The summed E-state index contributed by atoms with van der Waals surface area (Å²) in [6.45, 7) is -2.82. The van der Waals surface area contributed by atoms with Crippen molar-refractivity contribution >= 4 is 38.0 Å². The van der Waals surface area contributed by atoms with Crippen LogP contribution < -0.4 is 306 Å². The summed E-state index contributed by atoms with van der Waals surface area (Å²) in [7, 11) is -26.8. The molecule has 18 nitrogen and oxygen atoms in total. The van der Waals surface area contributed by atoms with Crippen LogP contribution in [0.4, 0.5) is 0 Å². The zero-order valence-electron chi connectivity index (χ0n) is 21.1. The molecule has 0 saturated heterocycles. The smallest absolute Gasteiger partial charge is 0.810 e. The Morgan fingerprint density at radius 2 is 0.459 bits per heavy atom. The average molecular weight is 759 g/mol. The molecule has 0 unspecified atom stereocenters. The molecule has 37 heavy (non-hydrogen) atoms. The molecule has 0 amide bonds. The molecule has 0 aliphatic carbocycles. The molecule has 0 fully saturated rings. The summed E-state index contributed by atoms with van der Waals surface area (Å²) >= 11 is 0. The van der Waals surface area contributed by atoms with E-state index in [4.69, 9.17) is 0 Å². The minimum Gasteiger partial charge on any atom is -0.810 e. The Bertz CT molecular complexity index is 742. The Hall–Kier alpha value is 8.81. The van der Waals surface area contributed by atoms with Gasteiger partial charge in [-0.3, -0.25) is 14.7 Å². The molecular weight excluding hydrogens is 740 g/mol. The Balaban J connectivity index is -0.000000480. The maximum Gasteiger partial charge on any atom is 1.00 e. The Morgan fingerprint density at radius 3 is 0.622 bits per heavy atom. The number of hydrogen-bond donors (Lipinski definition) is 0. The van der Waals surface area contributed by atoms with E-state index in [9.17, 15) is 71.8 Å². The first-order chi connectivity index (χ1) is 13.9. The second kappa shape index (κ2) is 26.7. The molecule has 0 bridgehead atoms. The molecular formula is C9H18K5N3O15P5-5. The third-order valence-electron chi connectivity index (χ3n) is 3.33. The maximum absolute atomic E-state index is 11.1. The van der Waals surface area contributed by atoms with E-state index in [1.165, 1.54) is 0 Å². The fourth-order valence-electron chi connectivity index (χ4n) is 2.42. The summed E-state index contributed by atoms with van der Waals surface area (Å²) < 4.78 is 54.6. The summed E-state index contributed by atoms with van der Waals surface area (Å²) in [6, 6.07) is 0. The van der Waals surface area contributed by atoms with E-state index in [1.54, 1.807) is 0 Å². The van der Waals surface area contributed by atoms with Crippen LogP contribution in [0.25, 0.3) is 0 Å². The molecule has 0 heterocycles. The summed E-state index contributed by atoms with van der Waals surface area (Å²) in [6.07, 6.45) is -7.03. The molecule has 194 valence electrons. The monoisotopic (exact) mass is 758 g/mol. The van der Waals surface area contributed by atoms with Crippen LogP contribution in [0.5, 0.6) is 0 Å². The standard InChI is InChI=1S/C9H28N3O15P5.5K/c13-28(14,15)5-10(1-3-11(6-29(16,17)18)7-30(19,20)21)2-4-12(8-31(22,23)24)9-32(25,26)27;;;;;/h1-9H2,(H2,13,14,15)(H2,16,17,18)(H2,19,20,21)(H2,22,23,24)(H2,25,26,27);;;;;/q;5*+1/p-10. The quantitative estimate of drug-likeness (QED) is 0.104. The van der Waals surface area contributed by atoms with Gasteiger partial charge in [0.25, 0.3) is 0 Å². The SMILES string of the molecule is O=P([O-])([O-])CN(CCN(CP(=O)([O-])[O-])CP(=O)([O-])[O-])CCN(CP(=O)([O-])[O-])CP(=O)([O-])[O-].[K+].[K+].[K+].[K+].[K+]. The van der Waals surface area contributed by atoms with E-state index in [2.05, 4.69) is 0 Å². The van der Waals surface area contributed by atoms with Crippen LogP contribution in [0.2, 0.25) is 0 Å². The Labute approximate surface area is 427 Å². The maximum atomic E-state index is 11.1. The van der Waals surface area contributed by atoms with Gasteiger partial charge in [0.1, 0.15) is 0 Å². The predicted molar refractivity (Wildman–Crippen MR) is 87.4 cm³/mol. The van der Waals surface area contributed by atoms with Crippen molar-refractivity contribution in [2.75, 3.05) is 57.6 Å². The molecule has 0 aromatic carbocycles. The van der Waals surface area contributed by atoms with E-state index >= 15 is 0 Å². The molecule has 28 heteroatoms. The molecule has 0 aliphatic heterocycles. The van der Waals surface area contributed by atoms with Gasteiger partial charge < -0.3 is 71.8 Å². The topological polar surface area (TPSA) is 326 Å². The van der Waals surface area contributed by atoms with Crippen LogP contribution in [0.1, 0.15) is 0 Å². The van der Waals surface area contributed by atoms with Crippen molar-refractivity contribution in [1.82, 2.24) is 14.7 Å². The molecule has 0 atom stereocenters. The summed E-state index contributed by atoms with van der Waals surface area (Å²) in [5, 5.41) is 0. The van der Waals surface area contributed by atoms with Crippen LogP contribution >= 0.6 is 38.0 Å². The van der Waals surface area contributed by atoms with E-state index in [0.717, 1.165) is 0 Å². The Morgan fingerprint density at radius 1 is 0.324 bits per heavy atom. The Kier molecular flexibility index (Phi) is 41.8.